The zero-order valence-corrected chi connectivity index (χ0v) is 13.4. The van der Waals surface area contributed by atoms with Crippen LogP contribution in [0.4, 0.5) is 4.79 Å². The van der Waals surface area contributed by atoms with Crippen LogP contribution in [-0.4, -0.2) is 49.4 Å². The van der Waals surface area contributed by atoms with Crippen molar-refractivity contribution < 1.29 is 14.6 Å². The minimum Gasteiger partial charge on any atom is -0.497 e. The van der Waals surface area contributed by atoms with Crippen molar-refractivity contribution in [3.8, 4) is 5.75 Å². The highest BCUT2D eigenvalue weighted by atomic mass is 16.5. The molecule has 1 saturated carbocycles. The molecule has 1 aromatic carbocycles. The average Bonchev–Trinajstić information content (AvgIpc) is 2.93. The first-order valence-electron chi connectivity index (χ1n) is 7.90. The normalized spacial score (nSPS) is 20.7. The van der Waals surface area contributed by atoms with Crippen LogP contribution in [0, 0.1) is 5.92 Å². The summed E-state index contributed by atoms with van der Waals surface area (Å²) in [6.45, 7) is 1.22. The smallest absolute Gasteiger partial charge is 0.317 e. The molecular formula is C17H26N2O3. The molecule has 0 radical (unpaired) electrons. The predicted molar refractivity (Wildman–Crippen MR) is 86.1 cm³/mol. The lowest BCUT2D eigenvalue weighted by Gasteiger charge is -2.23. The van der Waals surface area contributed by atoms with E-state index < -0.39 is 0 Å². The number of nitrogens with one attached hydrogen (secondary N) is 1. The minimum atomic E-state index is -0.255. The number of carbonyl (C=O) groups is 1. The van der Waals surface area contributed by atoms with Crippen LogP contribution in [0.15, 0.2) is 24.3 Å². The van der Waals surface area contributed by atoms with Crippen molar-refractivity contribution in [2.45, 2.75) is 31.8 Å². The van der Waals surface area contributed by atoms with Crippen LogP contribution in [0.3, 0.4) is 0 Å². The number of hydrogen-bond donors (Lipinski definition) is 2. The molecule has 2 rings (SSSR count). The number of hydrogen-bond acceptors (Lipinski definition) is 3. The van der Waals surface area contributed by atoms with Gasteiger partial charge in [-0.3, -0.25) is 0 Å². The first-order valence-corrected chi connectivity index (χ1v) is 7.90. The molecule has 0 spiro atoms. The van der Waals surface area contributed by atoms with Crippen molar-refractivity contribution in [1.82, 2.24) is 10.2 Å². The van der Waals surface area contributed by atoms with E-state index in [9.17, 15) is 9.90 Å². The maximum Gasteiger partial charge on any atom is 0.317 e. The number of nitrogens with zero attached hydrogens (tertiary/aromatic N) is 1. The molecule has 5 heteroatoms. The lowest BCUT2D eigenvalue weighted by atomic mass is 10.1. The largest absolute Gasteiger partial charge is 0.497 e. The number of benzene rings is 1. The molecule has 0 aliphatic heterocycles. The number of urea groups is 1. The molecule has 1 aliphatic carbocycles. The Labute approximate surface area is 132 Å². The predicted octanol–water partition coefficient (Wildman–Crippen LogP) is 2.04. The van der Waals surface area contributed by atoms with Gasteiger partial charge >= 0.3 is 6.03 Å². The molecule has 1 fully saturated rings. The Morgan fingerprint density at radius 2 is 2.09 bits per heavy atom. The summed E-state index contributed by atoms with van der Waals surface area (Å²) in [6.07, 6.45) is 3.45. The summed E-state index contributed by atoms with van der Waals surface area (Å²) < 4.78 is 5.12. The lowest BCUT2D eigenvalue weighted by molar-refractivity contribution is 0.114. The number of carbonyl (C=O) groups excluding carboxylic acids is 1. The number of aliphatic hydroxyl groups excluding tert-OH is 1. The van der Waals surface area contributed by atoms with Crippen LogP contribution in [0.25, 0.3) is 0 Å². The first kappa shape index (κ1) is 16.6. The van der Waals surface area contributed by atoms with Crippen LogP contribution in [-0.2, 0) is 6.42 Å². The molecule has 2 amide bonds. The van der Waals surface area contributed by atoms with E-state index in [1.54, 1.807) is 19.1 Å². The molecule has 0 saturated heterocycles. The van der Waals surface area contributed by atoms with E-state index in [-0.39, 0.29) is 18.1 Å². The third-order valence-electron chi connectivity index (χ3n) is 4.32. The highest BCUT2D eigenvalue weighted by Crippen LogP contribution is 2.25. The van der Waals surface area contributed by atoms with Gasteiger partial charge in [0.1, 0.15) is 5.75 Å². The highest BCUT2D eigenvalue weighted by molar-refractivity contribution is 5.73. The fourth-order valence-electron chi connectivity index (χ4n) is 2.91. The Kier molecular flexibility index (Phi) is 6.07. The summed E-state index contributed by atoms with van der Waals surface area (Å²) in [5.74, 6) is 1.06. The third kappa shape index (κ3) is 4.63. The number of aliphatic hydroxyl groups is 1. The maximum atomic E-state index is 12.0. The van der Waals surface area contributed by atoms with Crippen molar-refractivity contribution in [2.75, 3.05) is 27.2 Å². The van der Waals surface area contributed by atoms with E-state index in [0.29, 0.717) is 13.1 Å². The molecular weight excluding hydrogens is 280 g/mol. The molecule has 2 N–H and O–H groups in total. The molecule has 1 aliphatic rings. The Morgan fingerprint density at radius 1 is 1.36 bits per heavy atom. The zero-order valence-electron chi connectivity index (χ0n) is 13.4. The summed E-state index contributed by atoms with van der Waals surface area (Å²) in [4.78, 5) is 13.7. The second-order valence-electron chi connectivity index (χ2n) is 5.97. The van der Waals surface area contributed by atoms with Gasteiger partial charge in [0.25, 0.3) is 0 Å². The van der Waals surface area contributed by atoms with Gasteiger partial charge < -0.3 is 20.1 Å². The fourth-order valence-corrected chi connectivity index (χ4v) is 2.91. The van der Waals surface area contributed by atoms with Crippen LogP contribution in [0.2, 0.25) is 0 Å². The Morgan fingerprint density at radius 3 is 2.68 bits per heavy atom. The van der Waals surface area contributed by atoms with Crippen molar-refractivity contribution >= 4 is 6.03 Å². The topological polar surface area (TPSA) is 61.8 Å². The molecule has 122 valence electrons. The SMILES string of the molecule is COc1ccc(CCNC(=O)N(C)CC2CCCC2O)cc1. The molecule has 2 unspecified atom stereocenters. The van der Waals surface area contributed by atoms with E-state index in [1.165, 1.54) is 0 Å². The van der Waals surface area contributed by atoms with Gasteiger partial charge in [0.05, 0.1) is 13.2 Å². The quantitative estimate of drug-likeness (QED) is 0.845. The Balaban J connectivity index is 1.70. The van der Waals surface area contributed by atoms with E-state index in [1.807, 2.05) is 24.3 Å². The van der Waals surface area contributed by atoms with Crippen LogP contribution < -0.4 is 10.1 Å². The zero-order chi connectivity index (χ0) is 15.9. The fraction of sp³-hybridized carbons (Fsp3) is 0.588. The Bertz CT molecular complexity index is 475. The van der Waals surface area contributed by atoms with Gasteiger partial charge in [-0.25, -0.2) is 4.79 Å². The van der Waals surface area contributed by atoms with E-state index in [2.05, 4.69) is 5.32 Å². The van der Waals surface area contributed by atoms with Crippen molar-refractivity contribution in [2.24, 2.45) is 5.92 Å². The van der Waals surface area contributed by atoms with Crippen molar-refractivity contribution in [3.63, 3.8) is 0 Å². The van der Waals surface area contributed by atoms with E-state index in [4.69, 9.17) is 4.74 Å². The molecule has 2 atom stereocenters. The number of amides is 2. The van der Waals surface area contributed by atoms with Gasteiger partial charge in [0, 0.05) is 26.1 Å². The number of ether oxygens (including phenoxy) is 1. The van der Waals surface area contributed by atoms with Gasteiger partial charge in [-0.2, -0.15) is 0 Å². The van der Waals surface area contributed by atoms with Gasteiger partial charge in [0.2, 0.25) is 0 Å². The molecule has 5 nitrogen and oxygen atoms in total. The summed E-state index contributed by atoms with van der Waals surface area (Å²) in [5, 5.41) is 12.7. The third-order valence-corrected chi connectivity index (χ3v) is 4.32. The number of methoxy groups -OCH3 is 1. The summed E-state index contributed by atoms with van der Waals surface area (Å²) in [7, 11) is 3.43. The maximum absolute atomic E-state index is 12.0. The first-order chi connectivity index (χ1) is 10.6. The van der Waals surface area contributed by atoms with Crippen molar-refractivity contribution in [1.29, 1.82) is 0 Å². The van der Waals surface area contributed by atoms with Crippen LogP contribution in [0.5, 0.6) is 5.75 Å². The molecule has 22 heavy (non-hydrogen) atoms. The molecule has 0 bridgehead atoms. The second-order valence-corrected chi connectivity index (χ2v) is 5.97. The molecule has 0 aromatic heterocycles. The van der Waals surface area contributed by atoms with E-state index in [0.717, 1.165) is 37.0 Å². The van der Waals surface area contributed by atoms with Crippen molar-refractivity contribution in [3.05, 3.63) is 29.8 Å². The summed E-state index contributed by atoms with van der Waals surface area (Å²) in [6, 6.07) is 7.77. The van der Waals surface area contributed by atoms with Gasteiger partial charge in [-0.15, -0.1) is 0 Å². The van der Waals surface area contributed by atoms with E-state index >= 15 is 0 Å². The van der Waals surface area contributed by atoms with Gasteiger partial charge in [-0.05, 0) is 37.0 Å². The molecule has 1 aromatic rings. The van der Waals surface area contributed by atoms with Gasteiger partial charge in [0.15, 0.2) is 0 Å². The lowest BCUT2D eigenvalue weighted by Crippen LogP contribution is -2.41. The Hall–Kier alpha value is -1.75. The van der Waals surface area contributed by atoms with Gasteiger partial charge in [-0.1, -0.05) is 18.6 Å². The second kappa shape index (κ2) is 8.03. The summed E-state index contributed by atoms with van der Waals surface area (Å²) >= 11 is 0. The van der Waals surface area contributed by atoms with Crippen LogP contribution in [0.1, 0.15) is 24.8 Å². The number of rotatable bonds is 6. The highest BCUT2D eigenvalue weighted by Gasteiger charge is 2.27. The van der Waals surface area contributed by atoms with Crippen LogP contribution >= 0.6 is 0 Å². The average molecular weight is 306 g/mol. The standard InChI is InChI=1S/C17H26N2O3/c1-19(12-14-4-3-5-16(14)20)17(21)18-11-10-13-6-8-15(22-2)9-7-13/h6-9,14,16,20H,3-5,10-12H2,1-2H3,(H,18,21). The monoisotopic (exact) mass is 306 g/mol. The molecule has 0 heterocycles. The minimum absolute atomic E-state index is 0.0763. The summed E-state index contributed by atoms with van der Waals surface area (Å²) in [5.41, 5.74) is 1.16.